The standard InChI is InChI=1S/C18H19FN4O/c1-10-8-20-17(21-10)12-5-6-23(9-12)18(24)16-11(2)14-7-13(19)3-4-15(14)22-16/h3-4,7-8,12,22H,5-6,9H2,1-2H3,(H,20,21). The van der Waals surface area contributed by atoms with E-state index in [1.807, 2.05) is 24.9 Å². The van der Waals surface area contributed by atoms with Crippen LogP contribution in [0.5, 0.6) is 0 Å². The summed E-state index contributed by atoms with van der Waals surface area (Å²) in [5.74, 6) is 0.857. The monoisotopic (exact) mass is 326 g/mol. The Labute approximate surface area is 138 Å². The lowest BCUT2D eigenvalue weighted by Gasteiger charge is -2.15. The molecule has 6 heteroatoms. The molecule has 1 aliphatic rings. The van der Waals surface area contributed by atoms with Crippen molar-refractivity contribution in [2.45, 2.75) is 26.2 Å². The van der Waals surface area contributed by atoms with E-state index in [1.165, 1.54) is 12.1 Å². The molecule has 1 unspecified atom stereocenters. The van der Waals surface area contributed by atoms with E-state index in [2.05, 4.69) is 15.0 Å². The summed E-state index contributed by atoms with van der Waals surface area (Å²) >= 11 is 0. The number of amides is 1. The van der Waals surface area contributed by atoms with E-state index in [1.54, 1.807) is 6.07 Å². The molecule has 1 aromatic carbocycles. The predicted octanol–water partition coefficient (Wildman–Crippen LogP) is 3.28. The number of benzene rings is 1. The fraction of sp³-hybridized carbons (Fsp3) is 0.333. The number of hydrogen-bond donors (Lipinski definition) is 2. The molecule has 1 saturated heterocycles. The van der Waals surface area contributed by atoms with Crippen LogP contribution in [-0.2, 0) is 0 Å². The summed E-state index contributed by atoms with van der Waals surface area (Å²) in [6.07, 6.45) is 2.71. The average Bonchev–Trinajstić information content (AvgIpc) is 3.26. The third-order valence-electron chi connectivity index (χ3n) is 4.82. The second-order valence-corrected chi connectivity index (χ2v) is 6.50. The highest BCUT2D eigenvalue weighted by atomic mass is 19.1. The lowest BCUT2D eigenvalue weighted by molar-refractivity contribution is 0.0785. The van der Waals surface area contributed by atoms with Gasteiger partial charge in [-0.05, 0) is 44.0 Å². The molecule has 0 aliphatic carbocycles. The van der Waals surface area contributed by atoms with Crippen LogP contribution in [0.4, 0.5) is 4.39 Å². The molecule has 3 aromatic rings. The molecule has 2 aromatic heterocycles. The Morgan fingerprint density at radius 3 is 2.92 bits per heavy atom. The summed E-state index contributed by atoms with van der Waals surface area (Å²) < 4.78 is 13.4. The summed E-state index contributed by atoms with van der Waals surface area (Å²) in [5, 5.41) is 0.760. The molecule has 5 nitrogen and oxygen atoms in total. The highest BCUT2D eigenvalue weighted by Crippen LogP contribution is 2.28. The van der Waals surface area contributed by atoms with E-state index in [0.717, 1.165) is 34.4 Å². The van der Waals surface area contributed by atoms with Gasteiger partial charge in [0.1, 0.15) is 17.3 Å². The molecule has 1 fully saturated rings. The van der Waals surface area contributed by atoms with Crippen LogP contribution in [0, 0.1) is 19.7 Å². The molecule has 1 aliphatic heterocycles. The number of nitrogens with one attached hydrogen (secondary N) is 2. The fourth-order valence-corrected chi connectivity index (χ4v) is 3.48. The normalized spacial score (nSPS) is 17.8. The van der Waals surface area contributed by atoms with Gasteiger partial charge in [-0.15, -0.1) is 0 Å². The first-order valence-corrected chi connectivity index (χ1v) is 8.11. The maximum absolute atomic E-state index is 13.4. The van der Waals surface area contributed by atoms with E-state index in [9.17, 15) is 9.18 Å². The summed E-state index contributed by atoms with van der Waals surface area (Å²) in [5.41, 5.74) is 3.16. The number of aromatic amines is 2. The van der Waals surface area contributed by atoms with Gasteiger partial charge in [0.15, 0.2) is 0 Å². The van der Waals surface area contributed by atoms with Crippen LogP contribution in [0.3, 0.4) is 0 Å². The highest BCUT2D eigenvalue weighted by Gasteiger charge is 2.31. The minimum absolute atomic E-state index is 0.0325. The molecule has 0 radical (unpaired) electrons. The maximum atomic E-state index is 13.4. The van der Waals surface area contributed by atoms with Crippen molar-refractivity contribution < 1.29 is 9.18 Å². The maximum Gasteiger partial charge on any atom is 0.270 e. The third kappa shape index (κ3) is 2.38. The lowest BCUT2D eigenvalue weighted by atomic mass is 10.1. The minimum atomic E-state index is -0.293. The van der Waals surface area contributed by atoms with E-state index < -0.39 is 0 Å². The molecule has 1 amide bonds. The number of aryl methyl sites for hydroxylation is 2. The number of aromatic nitrogens is 3. The van der Waals surface area contributed by atoms with Gasteiger partial charge < -0.3 is 14.9 Å². The van der Waals surface area contributed by atoms with Crippen LogP contribution in [0.1, 0.15) is 39.9 Å². The number of halogens is 1. The van der Waals surface area contributed by atoms with Crippen molar-refractivity contribution in [1.82, 2.24) is 19.9 Å². The van der Waals surface area contributed by atoms with Gasteiger partial charge in [-0.2, -0.15) is 0 Å². The van der Waals surface area contributed by atoms with Gasteiger partial charge in [-0.25, -0.2) is 9.37 Å². The molecular weight excluding hydrogens is 307 g/mol. The molecule has 124 valence electrons. The quantitative estimate of drug-likeness (QED) is 0.759. The fourth-order valence-electron chi connectivity index (χ4n) is 3.48. The molecule has 24 heavy (non-hydrogen) atoms. The molecule has 1 atom stereocenters. The van der Waals surface area contributed by atoms with Crippen LogP contribution >= 0.6 is 0 Å². The summed E-state index contributed by atoms with van der Waals surface area (Å²) in [6, 6.07) is 4.54. The van der Waals surface area contributed by atoms with Crippen LogP contribution in [0.2, 0.25) is 0 Å². The SMILES string of the molecule is Cc1cnc(C2CCN(C(=O)c3[nH]c4ccc(F)cc4c3C)C2)[nH]1. The molecular formula is C18H19FN4O. The van der Waals surface area contributed by atoms with Crippen LogP contribution in [-0.4, -0.2) is 38.8 Å². The van der Waals surface area contributed by atoms with Crippen molar-refractivity contribution in [3.8, 4) is 0 Å². The number of carbonyl (C=O) groups excluding carboxylic acids is 1. The number of H-pyrrole nitrogens is 2. The second kappa shape index (κ2) is 5.47. The number of fused-ring (bicyclic) bond motifs is 1. The van der Waals surface area contributed by atoms with Gasteiger partial charge in [0.2, 0.25) is 0 Å². The van der Waals surface area contributed by atoms with E-state index in [0.29, 0.717) is 18.8 Å². The Morgan fingerprint density at radius 2 is 2.17 bits per heavy atom. The first-order chi connectivity index (χ1) is 11.5. The number of nitrogens with zero attached hydrogens (tertiary/aromatic N) is 2. The summed E-state index contributed by atoms with van der Waals surface area (Å²) in [7, 11) is 0. The molecule has 4 rings (SSSR count). The number of imidazole rings is 1. The molecule has 0 bridgehead atoms. The molecule has 0 spiro atoms. The molecule has 0 saturated carbocycles. The largest absolute Gasteiger partial charge is 0.350 e. The van der Waals surface area contributed by atoms with Crippen LogP contribution in [0.15, 0.2) is 24.4 Å². The number of likely N-dealkylation sites (tertiary alicyclic amines) is 1. The zero-order chi connectivity index (χ0) is 16.8. The zero-order valence-corrected chi connectivity index (χ0v) is 13.7. The topological polar surface area (TPSA) is 64.8 Å². The first kappa shape index (κ1) is 14.9. The van der Waals surface area contributed by atoms with E-state index in [4.69, 9.17) is 0 Å². The Hall–Kier alpha value is -2.63. The zero-order valence-electron chi connectivity index (χ0n) is 13.7. The Balaban J connectivity index is 1.59. The van der Waals surface area contributed by atoms with Crippen LogP contribution in [0.25, 0.3) is 10.9 Å². The lowest BCUT2D eigenvalue weighted by Crippen LogP contribution is -2.29. The summed E-state index contributed by atoms with van der Waals surface area (Å²) in [6.45, 7) is 5.18. The van der Waals surface area contributed by atoms with E-state index in [-0.39, 0.29) is 17.6 Å². The van der Waals surface area contributed by atoms with Crippen molar-refractivity contribution in [2.24, 2.45) is 0 Å². The van der Waals surface area contributed by atoms with E-state index >= 15 is 0 Å². The van der Waals surface area contributed by atoms with Gasteiger partial charge in [0.25, 0.3) is 5.91 Å². The van der Waals surface area contributed by atoms with Crippen molar-refractivity contribution in [2.75, 3.05) is 13.1 Å². The van der Waals surface area contributed by atoms with Gasteiger partial charge in [0.05, 0.1) is 0 Å². The minimum Gasteiger partial charge on any atom is -0.350 e. The Kier molecular flexibility index (Phi) is 3.40. The first-order valence-electron chi connectivity index (χ1n) is 8.11. The van der Waals surface area contributed by atoms with Gasteiger partial charge in [-0.3, -0.25) is 4.79 Å². The van der Waals surface area contributed by atoms with Crippen molar-refractivity contribution >= 4 is 16.8 Å². The van der Waals surface area contributed by atoms with Crippen molar-refractivity contribution in [3.63, 3.8) is 0 Å². The number of hydrogen-bond acceptors (Lipinski definition) is 2. The number of carbonyl (C=O) groups is 1. The van der Waals surface area contributed by atoms with Crippen molar-refractivity contribution in [3.05, 3.63) is 53.0 Å². The smallest absolute Gasteiger partial charge is 0.270 e. The average molecular weight is 326 g/mol. The predicted molar refractivity (Wildman–Crippen MR) is 89.6 cm³/mol. The second-order valence-electron chi connectivity index (χ2n) is 6.50. The van der Waals surface area contributed by atoms with Gasteiger partial charge in [0, 0.05) is 41.8 Å². The van der Waals surface area contributed by atoms with Gasteiger partial charge >= 0.3 is 0 Å². The molecule has 2 N–H and O–H groups in total. The highest BCUT2D eigenvalue weighted by molar-refractivity contribution is 6.01. The Morgan fingerprint density at radius 1 is 1.33 bits per heavy atom. The molecule has 3 heterocycles. The van der Waals surface area contributed by atoms with Crippen LogP contribution < -0.4 is 0 Å². The Bertz CT molecular complexity index is 926. The third-order valence-corrected chi connectivity index (χ3v) is 4.82. The summed E-state index contributed by atoms with van der Waals surface area (Å²) in [4.78, 5) is 25.5. The van der Waals surface area contributed by atoms with Crippen molar-refractivity contribution in [1.29, 1.82) is 0 Å². The van der Waals surface area contributed by atoms with Gasteiger partial charge in [-0.1, -0.05) is 0 Å². The number of rotatable bonds is 2.